The molecule has 0 aliphatic heterocycles. The Balaban J connectivity index is 0. The fourth-order valence-electron chi connectivity index (χ4n) is 0.671. The molecule has 0 spiro atoms. The van der Waals surface area contributed by atoms with Crippen molar-refractivity contribution in [3.63, 3.8) is 0 Å². The Hall–Kier alpha value is -0.200. The first-order valence-corrected chi connectivity index (χ1v) is 5.78. The highest BCUT2D eigenvalue weighted by molar-refractivity contribution is 4.33. The lowest BCUT2D eigenvalue weighted by Gasteiger charge is -2.04. The third-order valence-corrected chi connectivity index (χ3v) is 1.22. The highest BCUT2D eigenvalue weighted by atomic mass is 16.5. The van der Waals surface area contributed by atoms with E-state index in [1.54, 1.807) is 0 Å². The molecule has 0 fully saturated rings. The molecule has 0 amide bonds. The van der Waals surface area contributed by atoms with Gasteiger partial charge in [0.2, 0.25) is 0 Å². The lowest BCUT2D eigenvalue weighted by molar-refractivity contribution is 0.00230. The van der Waals surface area contributed by atoms with Gasteiger partial charge in [-0.3, -0.25) is 0 Å². The molecule has 0 atom stereocenters. The summed E-state index contributed by atoms with van der Waals surface area (Å²) in [5.41, 5.74) is 0. The van der Waals surface area contributed by atoms with Crippen LogP contribution in [0.5, 0.6) is 0 Å². The van der Waals surface area contributed by atoms with E-state index >= 15 is 0 Å². The van der Waals surface area contributed by atoms with Gasteiger partial charge in [0.25, 0.3) is 0 Å². The van der Waals surface area contributed by atoms with E-state index in [2.05, 4.69) is 13.8 Å². The summed E-state index contributed by atoms with van der Waals surface area (Å²) in [5, 5.41) is 16.7. The molecule has 0 aromatic rings. The topological polar surface area (TPSA) is 68.2 Å². The molecular weight excluding hydrogens is 212 g/mol. The van der Waals surface area contributed by atoms with Crippen molar-refractivity contribution in [3.8, 4) is 0 Å². The van der Waals surface area contributed by atoms with Crippen LogP contribution in [0.25, 0.3) is 0 Å². The van der Waals surface area contributed by atoms with Crippen LogP contribution >= 0.6 is 0 Å². The van der Waals surface area contributed by atoms with Crippen LogP contribution in [-0.4, -0.2) is 63.1 Å². The van der Waals surface area contributed by atoms with Crippen molar-refractivity contribution in [1.82, 2.24) is 0 Å². The zero-order chi connectivity index (χ0) is 12.5. The Bertz CT molecular complexity index is 90.4. The van der Waals surface area contributed by atoms with Gasteiger partial charge in [0.05, 0.1) is 52.9 Å². The first-order chi connectivity index (χ1) is 7.83. The van der Waals surface area contributed by atoms with Gasteiger partial charge >= 0.3 is 0 Å². The molecule has 0 unspecified atom stereocenters. The Morgan fingerprint density at radius 1 is 0.625 bits per heavy atom. The van der Waals surface area contributed by atoms with E-state index in [4.69, 9.17) is 24.4 Å². The Morgan fingerprint density at radius 3 is 1.12 bits per heavy atom. The van der Waals surface area contributed by atoms with Crippen molar-refractivity contribution in [1.29, 1.82) is 0 Å². The second-order valence-corrected chi connectivity index (χ2v) is 2.99. The first-order valence-electron chi connectivity index (χ1n) is 5.78. The molecule has 100 valence electrons. The third-order valence-electron chi connectivity index (χ3n) is 1.22. The maximum Gasteiger partial charge on any atom is 0.0701 e. The van der Waals surface area contributed by atoms with Crippen LogP contribution in [0.15, 0.2) is 0 Å². The number of hydrogen-bond donors (Lipinski definition) is 2. The maximum atomic E-state index is 8.36. The molecule has 0 saturated heterocycles. The average molecular weight is 238 g/mol. The number of aliphatic hydroxyl groups is 2. The Labute approximate surface area is 98.3 Å². The quantitative estimate of drug-likeness (QED) is 0.540. The van der Waals surface area contributed by atoms with E-state index in [1.807, 2.05) is 0 Å². The monoisotopic (exact) mass is 238 g/mol. The molecule has 0 radical (unpaired) electrons. The predicted octanol–water partition coefficient (Wildman–Crippen LogP) is 0.437. The van der Waals surface area contributed by atoms with Gasteiger partial charge in [-0.1, -0.05) is 20.3 Å². The van der Waals surface area contributed by atoms with Crippen LogP contribution in [0.4, 0.5) is 0 Å². The molecule has 5 nitrogen and oxygen atoms in total. The summed E-state index contributed by atoms with van der Waals surface area (Å²) in [6.45, 7) is 7.01. The second kappa shape index (κ2) is 20.2. The van der Waals surface area contributed by atoms with Crippen LogP contribution in [0.2, 0.25) is 0 Å². The van der Waals surface area contributed by atoms with E-state index in [0.717, 1.165) is 0 Å². The van der Waals surface area contributed by atoms with Crippen LogP contribution in [0.1, 0.15) is 20.3 Å². The average Bonchev–Trinajstić information content (AvgIpc) is 2.28. The number of aliphatic hydroxyl groups excluding tert-OH is 2. The smallest absolute Gasteiger partial charge is 0.0701 e. The van der Waals surface area contributed by atoms with E-state index in [9.17, 15) is 0 Å². The largest absolute Gasteiger partial charge is 0.394 e. The molecule has 0 heterocycles. The summed E-state index contributed by atoms with van der Waals surface area (Å²) in [6.07, 6.45) is 1.25. The van der Waals surface area contributed by atoms with Gasteiger partial charge in [-0.05, 0) is 0 Å². The molecule has 0 rings (SSSR count). The SMILES string of the molecule is CCC.OCCOCCOCCOCCO. The van der Waals surface area contributed by atoms with E-state index in [-0.39, 0.29) is 13.2 Å². The van der Waals surface area contributed by atoms with Crippen molar-refractivity contribution < 1.29 is 24.4 Å². The molecule has 0 aliphatic carbocycles. The van der Waals surface area contributed by atoms with Gasteiger partial charge in [-0.2, -0.15) is 0 Å². The Kier molecular flexibility index (Phi) is 23.0. The van der Waals surface area contributed by atoms with Gasteiger partial charge in [0.15, 0.2) is 0 Å². The standard InChI is InChI=1S/C8H18O5.C3H8/c9-1-3-11-5-7-13-8-6-12-4-2-10;1-3-2/h9-10H,1-8H2;3H2,1-2H3. The van der Waals surface area contributed by atoms with Crippen LogP contribution < -0.4 is 0 Å². The molecule has 0 saturated carbocycles. The minimum absolute atomic E-state index is 0.0413. The minimum atomic E-state index is 0.0413. The Morgan fingerprint density at radius 2 is 0.875 bits per heavy atom. The highest BCUT2D eigenvalue weighted by Gasteiger charge is 1.89. The molecule has 16 heavy (non-hydrogen) atoms. The summed E-state index contributed by atoms with van der Waals surface area (Å²) in [6, 6.07) is 0. The predicted molar refractivity (Wildman–Crippen MR) is 62.6 cm³/mol. The highest BCUT2D eigenvalue weighted by Crippen LogP contribution is 1.80. The zero-order valence-electron chi connectivity index (χ0n) is 10.5. The summed E-state index contributed by atoms with van der Waals surface area (Å²) >= 11 is 0. The summed E-state index contributed by atoms with van der Waals surface area (Å²) in [4.78, 5) is 0. The van der Waals surface area contributed by atoms with Crippen molar-refractivity contribution in [2.45, 2.75) is 20.3 Å². The summed E-state index contributed by atoms with van der Waals surface area (Å²) < 4.78 is 15.0. The molecule has 5 heteroatoms. The van der Waals surface area contributed by atoms with Crippen LogP contribution in [-0.2, 0) is 14.2 Å². The lowest BCUT2D eigenvalue weighted by Crippen LogP contribution is -2.11. The van der Waals surface area contributed by atoms with Crippen molar-refractivity contribution >= 4 is 0 Å². The van der Waals surface area contributed by atoms with Crippen LogP contribution in [0, 0.1) is 0 Å². The van der Waals surface area contributed by atoms with Gasteiger partial charge in [-0.15, -0.1) is 0 Å². The molecule has 0 bridgehead atoms. The minimum Gasteiger partial charge on any atom is -0.394 e. The number of hydrogen-bond acceptors (Lipinski definition) is 5. The molecular formula is C11H26O5. The lowest BCUT2D eigenvalue weighted by atomic mass is 10.6. The van der Waals surface area contributed by atoms with Crippen molar-refractivity contribution in [3.05, 3.63) is 0 Å². The fraction of sp³-hybridized carbons (Fsp3) is 1.00. The van der Waals surface area contributed by atoms with E-state index < -0.39 is 0 Å². The van der Waals surface area contributed by atoms with Crippen LogP contribution in [0.3, 0.4) is 0 Å². The van der Waals surface area contributed by atoms with Gasteiger partial charge < -0.3 is 24.4 Å². The molecule has 0 aromatic heterocycles. The molecule has 0 aromatic carbocycles. The maximum absolute atomic E-state index is 8.36. The zero-order valence-corrected chi connectivity index (χ0v) is 10.5. The fourth-order valence-corrected chi connectivity index (χ4v) is 0.671. The van der Waals surface area contributed by atoms with E-state index in [0.29, 0.717) is 39.6 Å². The summed E-state index contributed by atoms with van der Waals surface area (Å²) in [7, 11) is 0. The first kappa shape index (κ1) is 18.2. The second-order valence-electron chi connectivity index (χ2n) is 2.99. The van der Waals surface area contributed by atoms with Gasteiger partial charge in [-0.25, -0.2) is 0 Å². The number of rotatable bonds is 10. The number of ether oxygens (including phenoxy) is 3. The summed E-state index contributed by atoms with van der Waals surface area (Å²) in [5.74, 6) is 0. The normalized spacial score (nSPS) is 9.75. The van der Waals surface area contributed by atoms with E-state index in [1.165, 1.54) is 6.42 Å². The van der Waals surface area contributed by atoms with Crippen molar-refractivity contribution in [2.24, 2.45) is 0 Å². The third kappa shape index (κ3) is 23.5. The van der Waals surface area contributed by atoms with Crippen molar-refractivity contribution in [2.75, 3.05) is 52.9 Å². The molecule has 0 aliphatic rings. The van der Waals surface area contributed by atoms with Gasteiger partial charge in [0, 0.05) is 0 Å². The molecule has 2 N–H and O–H groups in total. The van der Waals surface area contributed by atoms with Gasteiger partial charge in [0.1, 0.15) is 0 Å².